The third kappa shape index (κ3) is 3.14. The Hall–Kier alpha value is -3.79. The second-order valence-corrected chi connectivity index (χ2v) is 5.42. The van der Waals surface area contributed by atoms with E-state index >= 15 is 0 Å². The van der Waals surface area contributed by atoms with E-state index in [0.717, 1.165) is 21.8 Å². The Kier molecular flexibility index (Phi) is 4.10. The van der Waals surface area contributed by atoms with Gasteiger partial charge in [0.05, 0.1) is 11.6 Å². The SMILES string of the molecule is Cn1c(Nc2cccc(-c3cccc(C#N)c3)c2)cc(=O)n(O)c1=O. The van der Waals surface area contributed by atoms with Crippen molar-refractivity contribution in [1.82, 2.24) is 9.30 Å². The first-order valence-corrected chi connectivity index (χ1v) is 7.39. The molecule has 0 spiro atoms. The van der Waals surface area contributed by atoms with Crippen LogP contribution in [0.15, 0.2) is 64.2 Å². The van der Waals surface area contributed by atoms with Crippen LogP contribution in [0.4, 0.5) is 11.5 Å². The number of hydrogen-bond donors (Lipinski definition) is 2. The van der Waals surface area contributed by atoms with Gasteiger partial charge in [-0.05, 0) is 35.4 Å². The summed E-state index contributed by atoms with van der Waals surface area (Å²) in [6.45, 7) is 0. The third-order valence-electron chi connectivity index (χ3n) is 3.76. The second-order valence-electron chi connectivity index (χ2n) is 5.42. The van der Waals surface area contributed by atoms with Crippen LogP contribution in [0, 0.1) is 11.3 Å². The van der Waals surface area contributed by atoms with E-state index in [2.05, 4.69) is 11.4 Å². The summed E-state index contributed by atoms with van der Waals surface area (Å²) in [4.78, 5) is 23.4. The minimum atomic E-state index is -0.840. The van der Waals surface area contributed by atoms with E-state index in [-0.39, 0.29) is 10.5 Å². The zero-order valence-electron chi connectivity index (χ0n) is 13.3. The highest BCUT2D eigenvalue weighted by atomic mass is 16.5. The number of rotatable bonds is 3. The van der Waals surface area contributed by atoms with Crippen molar-refractivity contribution in [2.24, 2.45) is 7.05 Å². The Morgan fingerprint density at radius 3 is 2.44 bits per heavy atom. The van der Waals surface area contributed by atoms with Crippen molar-refractivity contribution < 1.29 is 5.21 Å². The van der Waals surface area contributed by atoms with Crippen LogP contribution in [-0.2, 0) is 7.05 Å². The molecule has 3 rings (SSSR count). The fraction of sp³-hybridized carbons (Fsp3) is 0.0556. The molecule has 0 bridgehead atoms. The number of hydrogen-bond acceptors (Lipinski definition) is 5. The quantitative estimate of drug-likeness (QED) is 0.714. The van der Waals surface area contributed by atoms with Crippen molar-refractivity contribution in [1.29, 1.82) is 5.26 Å². The van der Waals surface area contributed by atoms with Crippen LogP contribution in [0.1, 0.15) is 5.56 Å². The summed E-state index contributed by atoms with van der Waals surface area (Å²) >= 11 is 0. The molecule has 0 radical (unpaired) electrons. The number of anilines is 2. The number of nitrogens with zero attached hydrogens (tertiary/aromatic N) is 3. The van der Waals surface area contributed by atoms with E-state index in [1.54, 1.807) is 24.3 Å². The van der Waals surface area contributed by atoms with Gasteiger partial charge in [-0.25, -0.2) is 4.79 Å². The summed E-state index contributed by atoms with van der Waals surface area (Å²) in [7, 11) is 1.44. The van der Waals surface area contributed by atoms with Gasteiger partial charge in [0.25, 0.3) is 5.56 Å². The van der Waals surface area contributed by atoms with Gasteiger partial charge in [0.2, 0.25) is 0 Å². The van der Waals surface area contributed by atoms with Gasteiger partial charge in [0.15, 0.2) is 0 Å². The highest BCUT2D eigenvalue weighted by Crippen LogP contribution is 2.24. The van der Waals surface area contributed by atoms with Crippen molar-refractivity contribution in [3.63, 3.8) is 0 Å². The van der Waals surface area contributed by atoms with Crippen LogP contribution < -0.4 is 16.6 Å². The molecule has 0 unspecified atom stereocenters. The molecule has 2 aromatic carbocycles. The van der Waals surface area contributed by atoms with Crippen molar-refractivity contribution in [2.45, 2.75) is 0 Å². The first-order valence-electron chi connectivity index (χ1n) is 7.39. The van der Waals surface area contributed by atoms with E-state index in [0.29, 0.717) is 11.3 Å². The molecule has 7 nitrogen and oxygen atoms in total. The van der Waals surface area contributed by atoms with Crippen LogP contribution in [0.3, 0.4) is 0 Å². The Bertz CT molecular complexity index is 1110. The van der Waals surface area contributed by atoms with Crippen molar-refractivity contribution in [3.8, 4) is 17.2 Å². The summed E-state index contributed by atoms with van der Waals surface area (Å²) in [5, 5.41) is 21.3. The minimum Gasteiger partial charge on any atom is -0.421 e. The molecule has 124 valence electrons. The molecule has 0 aliphatic heterocycles. The standard InChI is InChI=1S/C18H14N4O3/c1-21-16(10-17(23)22(25)18(21)24)20-15-7-3-6-14(9-15)13-5-2-4-12(8-13)11-19/h2-10,20,25H,1H3. The molecule has 1 heterocycles. The molecule has 1 aromatic heterocycles. The molecule has 0 saturated heterocycles. The van der Waals surface area contributed by atoms with Crippen LogP contribution >= 0.6 is 0 Å². The first-order chi connectivity index (χ1) is 12.0. The molecule has 0 amide bonds. The van der Waals surface area contributed by atoms with Gasteiger partial charge in [0, 0.05) is 18.8 Å². The monoisotopic (exact) mass is 334 g/mol. The molecule has 0 atom stereocenters. The molecule has 0 saturated carbocycles. The Labute approximate surface area is 142 Å². The summed E-state index contributed by atoms with van der Waals surface area (Å²) in [6, 6.07) is 17.8. The molecule has 0 aliphatic carbocycles. The lowest BCUT2D eigenvalue weighted by Crippen LogP contribution is -2.37. The lowest BCUT2D eigenvalue weighted by molar-refractivity contribution is 0.156. The largest absolute Gasteiger partial charge is 0.421 e. The zero-order valence-corrected chi connectivity index (χ0v) is 13.3. The molecule has 7 heteroatoms. The number of nitrogens with one attached hydrogen (secondary N) is 1. The highest BCUT2D eigenvalue weighted by molar-refractivity contribution is 5.71. The van der Waals surface area contributed by atoms with Crippen LogP contribution in [0.5, 0.6) is 0 Å². The topological polar surface area (TPSA) is 100 Å². The lowest BCUT2D eigenvalue weighted by atomic mass is 10.0. The van der Waals surface area contributed by atoms with Crippen LogP contribution in [-0.4, -0.2) is 14.5 Å². The maximum atomic E-state index is 11.8. The fourth-order valence-electron chi connectivity index (χ4n) is 2.43. The zero-order chi connectivity index (χ0) is 18.0. The maximum Gasteiger partial charge on any atom is 0.365 e. The maximum absolute atomic E-state index is 11.8. The van der Waals surface area contributed by atoms with Crippen molar-refractivity contribution in [3.05, 3.63) is 81.0 Å². The number of aromatic nitrogens is 2. The summed E-state index contributed by atoms with van der Waals surface area (Å²) in [6.07, 6.45) is 0. The van der Waals surface area contributed by atoms with E-state index in [4.69, 9.17) is 5.26 Å². The van der Waals surface area contributed by atoms with Crippen molar-refractivity contribution >= 4 is 11.5 Å². The molecule has 0 aliphatic rings. The third-order valence-corrected chi connectivity index (χ3v) is 3.76. The molecular formula is C18H14N4O3. The highest BCUT2D eigenvalue weighted by Gasteiger charge is 2.08. The number of benzene rings is 2. The van der Waals surface area contributed by atoms with Gasteiger partial charge in [-0.3, -0.25) is 9.36 Å². The van der Waals surface area contributed by atoms with Gasteiger partial charge >= 0.3 is 5.69 Å². The Balaban J connectivity index is 2.00. The molecular weight excluding hydrogens is 320 g/mol. The Morgan fingerprint density at radius 2 is 1.72 bits per heavy atom. The van der Waals surface area contributed by atoms with E-state index in [9.17, 15) is 14.8 Å². The molecule has 2 N–H and O–H groups in total. The minimum absolute atomic E-state index is 0.0506. The second kappa shape index (κ2) is 6.37. The average Bonchev–Trinajstić information content (AvgIpc) is 2.64. The van der Waals surface area contributed by atoms with Gasteiger partial charge < -0.3 is 10.5 Å². The lowest BCUT2D eigenvalue weighted by Gasteiger charge is -2.12. The summed E-state index contributed by atoms with van der Waals surface area (Å²) in [5.74, 6) is 0.253. The normalized spacial score (nSPS) is 10.2. The fourth-order valence-corrected chi connectivity index (χ4v) is 2.43. The van der Waals surface area contributed by atoms with Gasteiger partial charge in [-0.2, -0.15) is 5.26 Å². The van der Waals surface area contributed by atoms with Crippen LogP contribution in [0.2, 0.25) is 0 Å². The van der Waals surface area contributed by atoms with E-state index in [1.807, 2.05) is 24.3 Å². The van der Waals surface area contributed by atoms with Crippen molar-refractivity contribution in [2.75, 3.05) is 5.32 Å². The van der Waals surface area contributed by atoms with Gasteiger partial charge in [0.1, 0.15) is 5.82 Å². The predicted octanol–water partition coefficient (Wildman–Crippen LogP) is 2.07. The first kappa shape index (κ1) is 16.1. The van der Waals surface area contributed by atoms with Gasteiger partial charge in [-0.15, -0.1) is 0 Å². The molecule has 25 heavy (non-hydrogen) atoms. The van der Waals surface area contributed by atoms with Gasteiger partial charge in [-0.1, -0.05) is 29.0 Å². The summed E-state index contributed by atoms with van der Waals surface area (Å²) < 4.78 is 1.18. The smallest absolute Gasteiger partial charge is 0.365 e. The number of nitriles is 1. The summed E-state index contributed by atoms with van der Waals surface area (Å²) in [5.41, 5.74) is 1.32. The predicted molar refractivity (Wildman–Crippen MR) is 93.0 cm³/mol. The van der Waals surface area contributed by atoms with E-state index < -0.39 is 11.2 Å². The Morgan fingerprint density at radius 1 is 1.04 bits per heavy atom. The van der Waals surface area contributed by atoms with Crippen LogP contribution in [0.25, 0.3) is 11.1 Å². The molecule has 3 aromatic rings. The average molecular weight is 334 g/mol. The van der Waals surface area contributed by atoms with E-state index in [1.165, 1.54) is 7.05 Å². The molecule has 0 fully saturated rings.